The quantitative estimate of drug-likeness (QED) is 0.795. The SMILES string of the molecule is O=C(O)C1CCN(C(=O)C2CC(=O)N(c3cn[nH]c3)C2)C1. The van der Waals surface area contributed by atoms with E-state index >= 15 is 0 Å². The van der Waals surface area contributed by atoms with E-state index in [1.165, 1.54) is 4.90 Å². The number of likely N-dealkylation sites (tertiary alicyclic amines) is 1. The van der Waals surface area contributed by atoms with Gasteiger partial charge in [0.2, 0.25) is 11.8 Å². The fourth-order valence-corrected chi connectivity index (χ4v) is 2.93. The van der Waals surface area contributed by atoms with Crippen LogP contribution in [0.25, 0.3) is 0 Å². The number of carboxylic acid groups (broad SMARTS) is 1. The van der Waals surface area contributed by atoms with Gasteiger partial charge in [-0.3, -0.25) is 19.5 Å². The van der Waals surface area contributed by atoms with E-state index < -0.39 is 17.8 Å². The van der Waals surface area contributed by atoms with Gasteiger partial charge >= 0.3 is 5.97 Å². The van der Waals surface area contributed by atoms with E-state index in [0.717, 1.165) is 0 Å². The van der Waals surface area contributed by atoms with Crippen LogP contribution < -0.4 is 4.90 Å². The van der Waals surface area contributed by atoms with Crippen LogP contribution >= 0.6 is 0 Å². The predicted molar refractivity (Wildman–Crippen MR) is 71.4 cm³/mol. The lowest BCUT2D eigenvalue weighted by Gasteiger charge is -2.20. The second-order valence-electron chi connectivity index (χ2n) is 5.47. The Bertz CT molecular complexity index is 571. The molecule has 2 aliphatic heterocycles. The van der Waals surface area contributed by atoms with Gasteiger partial charge in [0.15, 0.2) is 0 Å². The Morgan fingerprint density at radius 1 is 1.33 bits per heavy atom. The first-order valence-corrected chi connectivity index (χ1v) is 6.87. The fourth-order valence-electron chi connectivity index (χ4n) is 2.93. The monoisotopic (exact) mass is 292 g/mol. The average molecular weight is 292 g/mol. The number of carboxylic acids is 1. The van der Waals surface area contributed by atoms with E-state index in [-0.39, 0.29) is 24.8 Å². The number of hydrogen-bond acceptors (Lipinski definition) is 4. The van der Waals surface area contributed by atoms with Crippen molar-refractivity contribution in [3.8, 4) is 0 Å². The maximum absolute atomic E-state index is 12.4. The first-order chi connectivity index (χ1) is 10.1. The maximum atomic E-state index is 12.4. The van der Waals surface area contributed by atoms with Crippen LogP contribution in [-0.2, 0) is 14.4 Å². The Morgan fingerprint density at radius 3 is 2.76 bits per heavy atom. The van der Waals surface area contributed by atoms with Crippen LogP contribution in [0.4, 0.5) is 5.69 Å². The number of amides is 2. The third-order valence-corrected chi connectivity index (χ3v) is 4.12. The summed E-state index contributed by atoms with van der Waals surface area (Å²) in [7, 11) is 0. The summed E-state index contributed by atoms with van der Waals surface area (Å²) in [6.07, 6.45) is 3.80. The van der Waals surface area contributed by atoms with E-state index in [4.69, 9.17) is 5.11 Å². The molecule has 0 aromatic carbocycles. The van der Waals surface area contributed by atoms with Crippen molar-refractivity contribution in [3.63, 3.8) is 0 Å². The minimum Gasteiger partial charge on any atom is -0.481 e. The van der Waals surface area contributed by atoms with Crippen LogP contribution in [-0.4, -0.2) is 57.6 Å². The smallest absolute Gasteiger partial charge is 0.308 e. The van der Waals surface area contributed by atoms with Crippen molar-refractivity contribution in [2.75, 3.05) is 24.5 Å². The van der Waals surface area contributed by atoms with E-state index in [1.54, 1.807) is 17.3 Å². The molecule has 0 spiro atoms. The van der Waals surface area contributed by atoms with Crippen LogP contribution in [0.5, 0.6) is 0 Å². The molecule has 1 aromatic rings. The zero-order chi connectivity index (χ0) is 15.0. The molecular weight excluding hydrogens is 276 g/mol. The molecule has 21 heavy (non-hydrogen) atoms. The van der Waals surface area contributed by atoms with Crippen molar-refractivity contribution in [2.24, 2.45) is 11.8 Å². The zero-order valence-electron chi connectivity index (χ0n) is 11.4. The molecule has 2 atom stereocenters. The molecule has 2 N–H and O–H groups in total. The second-order valence-corrected chi connectivity index (χ2v) is 5.47. The van der Waals surface area contributed by atoms with Crippen molar-refractivity contribution >= 4 is 23.5 Å². The summed E-state index contributed by atoms with van der Waals surface area (Å²) in [5, 5.41) is 15.4. The second kappa shape index (κ2) is 5.19. The molecule has 0 saturated carbocycles. The van der Waals surface area contributed by atoms with Crippen molar-refractivity contribution in [3.05, 3.63) is 12.4 Å². The molecule has 0 radical (unpaired) electrons. The van der Waals surface area contributed by atoms with E-state index in [9.17, 15) is 14.4 Å². The highest BCUT2D eigenvalue weighted by atomic mass is 16.4. The summed E-state index contributed by atoms with van der Waals surface area (Å²) < 4.78 is 0. The van der Waals surface area contributed by atoms with Crippen LogP contribution in [0.1, 0.15) is 12.8 Å². The van der Waals surface area contributed by atoms with Crippen LogP contribution in [0.15, 0.2) is 12.4 Å². The molecule has 3 rings (SSSR count). The van der Waals surface area contributed by atoms with Crippen molar-refractivity contribution in [1.29, 1.82) is 0 Å². The first-order valence-electron chi connectivity index (χ1n) is 6.87. The molecule has 3 heterocycles. The number of aromatic nitrogens is 2. The minimum atomic E-state index is -0.868. The Morgan fingerprint density at radius 2 is 2.14 bits per heavy atom. The summed E-state index contributed by atoms with van der Waals surface area (Å²) in [5.74, 6) is -1.99. The van der Waals surface area contributed by atoms with E-state index in [2.05, 4.69) is 10.2 Å². The average Bonchev–Trinajstić information content (AvgIpc) is 3.18. The Balaban J connectivity index is 1.65. The maximum Gasteiger partial charge on any atom is 0.308 e. The number of H-pyrrole nitrogens is 1. The minimum absolute atomic E-state index is 0.108. The van der Waals surface area contributed by atoms with Gasteiger partial charge in [0.1, 0.15) is 0 Å². The highest BCUT2D eigenvalue weighted by Crippen LogP contribution is 2.27. The molecule has 8 nitrogen and oxygen atoms in total. The van der Waals surface area contributed by atoms with E-state index in [0.29, 0.717) is 25.2 Å². The fraction of sp³-hybridized carbons (Fsp3) is 0.538. The number of hydrogen-bond donors (Lipinski definition) is 2. The molecule has 0 bridgehead atoms. The molecule has 1 aromatic heterocycles. The van der Waals surface area contributed by atoms with E-state index in [1.807, 2.05) is 0 Å². The van der Waals surface area contributed by atoms with Gasteiger partial charge in [-0.15, -0.1) is 0 Å². The Kier molecular flexibility index (Phi) is 3.36. The van der Waals surface area contributed by atoms with Gasteiger partial charge < -0.3 is 14.9 Å². The lowest BCUT2D eigenvalue weighted by atomic mass is 10.1. The molecule has 2 amide bonds. The summed E-state index contributed by atoms with van der Waals surface area (Å²) in [4.78, 5) is 38.4. The highest BCUT2D eigenvalue weighted by Gasteiger charge is 2.40. The first kappa shape index (κ1) is 13.6. The van der Waals surface area contributed by atoms with Crippen molar-refractivity contribution in [2.45, 2.75) is 12.8 Å². The predicted octanol–water partition coefficient (Wildman–Crippen LogP) is -0.304. The van der Waals surface area contributed by atoms with Crippen molar-refractivity contribution < 1.29 is 19.5 Å². The standard InChI is InChI=1S/C13H16N4O4/c18-11-3-9(7-17(11)10-4-14-15-5-10)12(19)16-2-1-8(6-16)13(20)21/h4-5,8-9H,1-3,6-7H2,(H,14,15)(H,20,21). The number of nitrogens with one attached hydrogen (secondary N) is 1. The third-order valence-electron chi connectivity index (χ3n) is 4.12. The van der Waals surface area contributed by atoms with Crippen LogP contribution in [0.2, 0.25) is 0 Å². The number of aliphatic carboxylic acids is 1. The third kappa shape index (κ3) is 2.48. The number of anilines is 1. The molecule has 112 valence electrons. The largest absolute Gasteiger partial charge is 0.481 e. The van der Waals surface area contributed by atoms with Crippen molar-refractivity contribution in [1.82, 2.24) is 15.1 Å². The summed E-state index contributed by atoms with van der Waals surface area (Å²) >= 11 is 0. The molecule has 0 aliphatic carbocycles. The number of rotatable bonds is 3. The topological polar surface area (TPSA) is 107 Å². The normalized spacial score (nSPS) is 25.6. The molecule has 2 fully saturated rings. The van der Waals surface area contributed by atoms with Gasteiger partial charge in [-0.25, -0.2) is 0 Å². The van der Waals surface area contributed by atoms with Gasteiger partial charge in [0.25, 0.3) is 0 Å². The summed E-state index contributed by atoms with van der Waals surface area (Å²) in [6.45, 7) is 1.02. The van der Waals surface area contributed by atoms with Crippen LogP contribution in [0, 0.1) is 11.8 Å². The molecule has 2 aliphatic rings. The highest BCUT2D eigenvalue weighted by molar-refractivity contribution is 6.00. The van der Waals surface area contributed by atoms with Crippen LogP contribution in [0.3, 0.4) is 0 Å². The van der Waals surface area contributed by atoms with Gasteiger partial charge in [-0.2, -0.15) is 5.10 Å². The van der Waals surface area contributed by atoms with Gasteiger partial charge in [-0.1, -0.05) is 0 Å². The lowest BCUT2D eigenvalue weighted by Crippen LogP contribution is -2.36. The van der Waals surface area contributed by atoms with Gasteiger partial charge in [0.05, 0.1) is 23.7 Å². The zero-order valence-corrected chi connectivity index (χ0v) is 11.4. The Hall–Kier alpha value is -2.38. The number of aromatic amines is 1. The molecule has 2 unspecified atom stereocenters. The molecule has 2 saturated heterocycles. The Labute approximate surface area is 120 Å². The lowest BCUT2D eigenvalue weighted by molar-refractivity contribution is -0.141. The summed E-state index contributed by atoms with van der Waals surface area (Å²) in [6, 6.07) is 0. The number of carbonyl (C=O) groups excluding carboxylic acids is 2. The molecule has 8 heteroatoms. The van der Waals surface area contributed by atoms with Gasteiger partial charge in [-0.05, 0) is 6.42 Å². The van der Waals surface area contributed by atoms with Gasteiger partial charge in [0, 0.05) is 32.3 Å². The summed E-state index contributed by atoms with van der Waals surface area (Å²) in [5.41, 5.74) is 0.653. The number of nitrogens with zero attached hydrogens (tertiary/aromatic N) is 3. The number of carbonyl (C=O) groups is 3. The molecular formula is C13H16N4O4.